The minimum atomic E-state index is -0.779. The Morgan fingerprint density at radius 3 is 2.81 bits per heavy atom. The smallest absolute Gasteiger partial charge is 0.183 e. The predicted octanol–water partition coefficient (Wildman–Crippen LogP) is 1.41. The highest BCUT2D eigenvalue weighted by atomic mass is 16.5. The summed E-state index contributed by atoms with van der Waals surface area (Å²) >= 11 is 0. The minimum Gasteiger partial charge on any atom is -0.392 e. The van der Waals surface area contributed by atoms with Gasteiger partial charge < -0.3 is 20.1 Å². The Balaban J connectivity index is 2.54. The number of unbranched alkanes of at least 4 members (excludes halogenated alkanes) is 1. The second kappa shape index (κ2) is 12.0. The van der Waals surface area contributed by atoms with Gasteiger partial charge in [0, 0.05) is 24.7 Å². The zero-order valence-corrected chi connectivity index (χ0v) is 16.3. The molecule has 0 spiro atoms. The zero-order valence-electron chi connectivity index (χ0n) is 16.3. The number of Topliss-reactive ketones (excluding diaryl/α,β-unsaturated/α-hetero) is 2. The molecule has 4 atom stereocenters. The predicted molar refractivity (Wildman–Crippen MR) is 102 cm³/mol. The molecule has 6 nitrogen and oxygen atoms in total. The molecule has 0 heterocycles. The van der Waals surface area contributed by atoms with Gasteiger partial charge >= 0.3 is 0 Å². The van der Waals surface area contributed by atoms with Gasteiger partial charge in [-0.3, -0.25) is 9.59 Å². The van der Waals surface area contributed by atoms with Crippen molar-refractivity contribution in [1.82, 2.24) is 0 Å². The molecular weight excluding hydrogens is 348 g/mol. The van der Waals surface area contributed by atoms with Crippen LogP contribution in [0.4, 0.5) is 0 Å². The Hall–Kier alpha value is -1.52. The number of hydrogen-bond donors (Lipinski definition) is 3. The molecule has 0 aromatic carbocycles. The number of ether oxygens (including phenoxy) is 1. The minimum absolute atomic E-state index is 0.0134. The highest BCUT2D eigenvalue weighted by molar-refractivity contribution is 5.85. The lowest BCUT2D eigenvalue weighted by atomic mass is 9.89. The molecule has 0 saturated heterocycles. The molecule has 1 aliphatic carbocycles. The van der Waals surface area contributed by atoms with Gasteiger partial charge in [0.15, 0.2) is 5.78 Å². The number of aliphatic hydroxyl groups is 3. The number of rotatable bonds is 11. The van der Waals surface area contributed by atoms with Crippen LogP contribution < -0.4 is 0 Å². The standard InChI is InChI=1S/C21H32O6/c1-3-4-10-21(2,26)11-7-9-18-17(19(24)13-20(18)25)8-5-6-12-27-15-16(23)14-22/h7,9,17-18,20,22,25-26H,3-4,8,10-15H2,1-2H3. The molecule has 152 valence electrons. The maximum Gasteiger partial charge on any atom is 0.183 e. The fourth-order valence-electron chi connectivity index (χ4n) is 3.12. The van der Waals surface area contributed by atoms with Crippen LogP contribution in [0.25, 0.3) is 0 Å². The van der Waals surface area contributed by atoms with E-state index in [-0.39, 0.29) is 37.3 Å². The van der Waals surface area contributed by atoms with Crippen LogP contribution in [0.5, 0.6) is 0 Å². The number of aliphatic hydroxyl groups excluding tert-OH is 2. The van der Waals surface area contributed by atoms with Gasteiger partial charge in [0.05, 0.1) is 11.7 Å². The molecule has 0 aliphatic heterocycles. The van der Waals surface area contributed by atoms with Gasteiger partial charge in [-0.2, -0.15) is 0 Å². The molecule has 0 radical (unpaired) electrons. The van der Waals surface area contributed by atoms with Crippen LogP contribution in [0.2, 0.25) is 0 Å². The molecule has 1 rings (SSSR count). The first kappa shape index (κ1) is 23.5. The molecule has 0 aromatic rings. The molecule has 0 bridgehead atoms. The molecule has 6 heteroatoms. The van der Waals surface area contributed by atoms with Gasteiger partial charge in [-0.05, 0) is 19.8 Å². The van der Waals surface area contributed by atoms with Crippen molar-refractivity contribution in [3.63, 3.8) is 0 Å². The third-order valence-electron chi connectivity index (χ3n) is 4.78. The summed E-state index contributed by atoms with van der Waals surface area (Å²) in [5.74, 6) is 4.52. The van der Waals surface area contributed by atoms with Gasteiger partial charge in [-0.1, -0.05) is 37.8 Å². The Morgan fingerprint density at radius 1 is 1.41 bits per heavy atom. The quantitative estimate of drug-likeness (QED) is 0.284. The molecule has 4 unspecified atom stereocenters. The first-order chi connectivity index (χ1) is 12.8. The van der Waals surface area contributed by atoms with E-state index >= 15 is 0 Å². The fraction of sp³-hybridized carbons (Fsp3) is 0.714. The Labute approximate surface area is 161 Å². The first-order valence-corrected chi connectivity index (χ1v) is 9.56. The molecular formula is C21H32O6. The summed E-state index contributed by atoms with van der Waals surface area (Å²) in [5, 5.41) is 29.1. The lowest BCUT2D eigenvalue weighted by molar-refractivity contribution is -0.125. The molecule has 27 heavy (non-hydrogen) atoms. The fourth-order valence-corrected chi connectivity index (χ4v) is 3.12. The maximum atomic E-state index is 12.1. The lowest BCUT2D eigenvalue weighted by Crippen LogP contribution is -2.23. The highest BCUT2D eigenvalue weighted by Gasteiger charge is 2.39. The van der Waals surface area contributed by atoms with Crippen molar-refractivity contribution in [2.24, 2.45) is 11.8 Å². The average molecular weight is 380 g/mol. The van der Waals surface area contributed by atoms with Crippen molar-refractivity contribution >= 4 is 11.6 Å². The number of carbonyl (C=O) groups excluding carboxylic acids is 2. The van der Waals surface area contributed by atoms with Crippen molar-refractivity contribution in [3.8, 4) is 11.8 Å². The summed E-state index contributed by atoms with van der Waals surface area (Å²) in [5.41, 5.74) is -0.779. The van der Waals surface area contributed by atoms with Gasteiger partial charge in [0.25, 0.3) is 0 Å². The number of hydrogen-bond acceptors (Lipinski definition) is 6. The summed E-state index contributed by atoms with van der Waals surface area (Å²) in [4.78, 5) is 23.0. The van der Waals surface area contributed by atoms with Crippen LogP contribution in [0.3, 0.4) is 0 Å². The highest BCUT2D eigenvalue weighted by Crippen LogP contribution is 2.33. The molecule has 0 aromatic heterocycles. The van der Waals surface area contributed by atoms with E-state index in [9.17, 15) is 19.8 Å². The maximum absolute atomic E-state index is 12.1. The summed E-state index contributed by atoms with van der Waals surface area (Å²) in [6.07, 6.45) is 6.57. The van der Waals surface area contributed by atoms with E-state index in [4.69, 9.17) is 9.84 Å². The Morgan fingerprint density at radius 2 is 2.15 bits per heavy atom. The second-order valence-electron chi connectivity index (χ2n) is 7.40. The number of carbonyl (C=O) groups is 2. The van der Waals surface area contributed by atoms with E-state index in [2.05, 4.69) is 18.8 Å². The van der Waals surface area contributed by atoms with Crippen molar-refractivity contribution in [2.75, 3.05) is 19.8 Å². The van der Waals surface area contributed by atoms with Crippen LogP contribution in [-0.4, -0.2) is 58.4 Å². The molecule has 1 fully saturated rings. The Bertz CT molecular complexity index is 569. The van der Waals surface area contributed by atoms with Crippen LogP contribution in [0.15, 0.2) is 12.2 Å². The molecule has 3 N–H and O–H groups in total. The van der Waals surface area contributed by atoms with E-state index < -0.39 is 24.1 Å². The van der Waals surface area contributed by atoms with Crippen LogP contribution in [0.1, 0.15) is 52.4 Å². The Kier molecular flexibility index (Phi) is 10.5. The third kappa shape index (κ3) is 8.81. The van der Waals surface area contributed by atoms with E-state index in [1.54, 1.807) is 6.92 Å². The average Bonchev–Trinajstić information content (AvgIpc) is 2.89. The number of ketones is 2. The first-order valence-electron chi connectivity index (χ1n) is 9.56. The topological polar surface area (TPSA) is 104 Å². The van der Waals surface area contributed by atoms with E-state index in [1.165, 1.54) is 0 Å². The normalized spacial score (nSPS) is 24.6. The summed E-state index contributed by atoms with van der Waals surface area (Å²) in [6, 6.07) is 0. The zero-order chi connectivity index (χ0) is 20.3. The van der Waals surface area contributed by atoms with Crippen molar-refractivity contribution in [2.45, 2.75) is 64.1 Å². The molecule has 1 saturated carbocycles. The van der Waals surface area contributed by atoms with Gasteiger partial charge in [0.1, 0.15) is 25.6 Å². The molecule has 0 amide bonds. The third-order valence-corrected chi connectivity index (χ3v) is 4.78. The SMILES string of the molecule is CCCCC(C)(O)CC=CC1C(O)CC(=O)C1CC#CCOCC(=O)CO. The van der Waals surface area contributed by atoms with Crippen LogP contribution >= 0.6 is 0 Å². The van der Waals surface area contributed by atoms with Gasteiger partial charge in [0.2, 0.25) is 0 Å². The van der Waals surface area contributed by atoms with E-state index in [0.29, 0.717) is 19.3 Å². The van der Waals surface area contributed by atoms with E-state index in [0.717, 1.165) is 12.8 Å². The molecule has 1 aliphatic rings. The van der Waals surface area contributed by atoms with Crippen molar-refractivity contribution in [1.29, 1.82) is 0 Å². The second-order valence-corrected chi connectivity index (χ2v) is 7.40. The summed E-state index contributed by atoms with van der Waals surface area (Å²) < 4.78 is 5.00. The largest absolute Gasteiger partial charge is 0.392 e. The lowest BCUT2D eigenvalue weighted by Gasteiger charge is -2.22. The van der Waals surface area contributed by atoms with Gasteiger partial charge in [-0.25, -0.2) is 0 Å². The van der Waals surface area contributed by atoms with Crippen molar-refractivity contribution in [3.05, 3.63) is 12.2 Å². The van der Waals surface area contributed by atoms with Crippen LogP contribution in [0, 0.1) is 23.7 Å². The van der Waals surface area contributed by atoms with Gasteiger partial charge in [-0.15, -0.1) is 5.92 Å². The van der Waals surface area contributed by atoms with Crippen LogP contribution in [-0.2, 0) is 14.3 Å². The monoisotopic (exact) mass is 380 g/mol. The van der Waals surface area contributed by atoms with Crippen molar-refractivity contribution < 1.29 is 29.6 Å². The van der Waals surface area contributed by atoms with E-state index in [1.807, 2.05) is 12.2 Å². The summed E-state index contributed by atoms with van der Waals surface area (Å²) in [7, 11) is 0. The summed E-state index contributed by atoms with van der Waals surface area (Å²) in [6.45, 7) is 3.19.